The minimum Gasteiger partial charge on any atom is -0.372 e. The standard InChI is InChI=1S/C13H9F3N2O3/c14-13(15,16)12(19,9-5-7-17-8-6-9)10-3-1-2-4-11(10)18(20)21/h1-8,19H. The molecule has 1 unspecified atom stereocenters. The van der Waals surface area contributed by atoms with Crippen LogP contribution in [0.1, 0.15) is 11.1 Å². The van der Waals surface area contributed by atoms with Crippen LogP contribution in [0.15, 0.2) is 48.8 Å². The van der Waals surface area contributed by atoms with Gasteiger partial charge >= 0.3 is 6.18 Å². The summed E-state index contributed by atoms with van der Waals surface area (Å²) in [5.74, 6) is 0. The molecule has 21 heavy (non-hydrogen) atoms. The van der Waals surface area contributed by atoms with E-state index >= 15 is 0 Å². The van der Waals surface area contributed by atoms with E-state index in [9.17, 15) is 28.4 Å². The first kappa shape index (κ1) is 14.9. The van der Waals surface area contributed by atoms with Crippen molar-refractivity contribution in [1.82, 2.24) is 4.98 Å². The van der Waals surface area contributed by atoms with Gasteiger partial charge in [-0.1, -0.05) is 12.1 Å². The number of benzene rings is 1. The quantitative estimate of drug-likeness (QED) is 0.698. The fourth-order valence-electron chi connectivity index (χ4n) is 2.00. The molecule has 0 fully saturated rings. The van der Waals surface area contributed by atoms with E-state index < -0.39 is 33.5 Å². The first-order valence-electron chi connectivity index (χ1n) is 5.72. The first-order chi connectivity index (χ1) is 9.78. The van der Waals surface area contributed by atoms with Crippen LogP contribution in [-0.4, -0.2) is 21.2 Å². The van der Waals surface area contributed by atoms with Gasteiger partial charge in [0.2, 0.25) is 5.60 Å². The number of nitrogens with zero attached hydrogens (tertiary/aromatic N) is 2. The highest BCUT2D eigenvalue weighted by molar-refractivity contribution is 5.49. The highest BCUT2D eigenvalue weighted by Crippen LogP contribution is 2.46. The Balaban J connectivity index is 2.78. The number of pyridine rings is 1. The Kier molecular flexibility index (Phi) is 3.65. The van der Waals surface area contributed by atoms with E-state index in [-0.39, 0.29) is 0 Å². The third-order valence-electron chi connectivity index (χ3n) is 3.00. The van der Waals surface area contributed by atoms with Crippen molar-refractivity contribution in [3.05, 3.63) is 70.0 Å². The number of alkyl halides is 3. The Morgan fingerprint density at radius 1 is 1.10 bits per heavy atom. The van der Waals surface area contributed by atoms with E-state index in [4.69, 9.17) is 0 Å². The number of hydrogen-bond donors (Lipinski definition) is 1. The lowest BCUT2D eigenvalue weighted by molar-refractivity contribution is -0.388. The summed E-state index contributed by atoms with van der Waals surface area (Å²) in [4.78, 5) is 13.6. The highest BCUT2D eigenvalue weighted by Gasteiger charge is 2.58. The molecule has 1 heterocycles. The van der Waals surface area contributed by atoms with Gasteiger partial charge in [-0.15, -0.1) is 0 Å². The van der Waals surface area contributed by atoms with E-state index in [0.717, 1.165) is 36.7 Å². The molecule has 1 aromatic carbocycles. The van der Waals surface area contributed by atoms with Crippen molar-refractivity contribution >= 4 is 5.69 Å². The summed E-state index contributed by atoms with van der Waals surface area (Å²) in [7, 11) is 0. The van der Waals surface area contributed by atoms with Crippen LogP contribution in [0.2, 0.25) is 0 Å². The summed E-state index contributed by atoms with van der Waals surface area (Å²) in [6.45, 7) is 0. The lowest BCUT2D eigenvalue weighted by Crippen LogP contribution is -2.43. The molecule has 1 atom stereocenters. The summed E-state index contributed by atoms with van der Waals surface area (Å²) in [6, 6.07) is 6.14. The van der Waals surface area contributed by atoms with Crippen LogP contribution < -0.4 is 0 Å². The molecular formula is C13H9F3N2O3. The van der Waals surface area contributed by atoms with Gasteiger partial charge in [-0.05, 0) is 18.2 Å². The predicted molar refractivity (Wildman–Crippen MR) is 66.4 cm³/mol. The van der Waals surface area contributed by atoms with Crippen molar-refractivity contribution in [1.29, 1.82) is 0 Å². The van der Waals surface area contributed by atoms with Gasteiger partial charge in [-0.3, -0.25) is 15.1 Å². The maximum Gasteiger partial charge on any atom is 0.426 e. The molecule has 0 saturated heterocycles. The average molecular weight is 298 g/mol. The van der Waals surface area contributed by atoms with Crippen LogP contribution in [-0.2, 0) is 5.60 Å². The minimum absolute atomic E-state index is 0.542. The summed E-state index contributed by atoms with van der Waals surface area (Å²) >= 11 is 0. The van der Waals surface area contributed by atoms with Crippen molar-refractivity contribution < 1.29 is 23.2 Å². The van der Waals surface area contributed by atoms with Crippen LogP contribution in [0.25, 0.3) is 0 Å². The summed E-state index contributed by atoms with van der Waals surface area (Å²) < 4.78 is 40.3. The second-order valence-electron chi connectivity index (χ2n) is 4.22. The molecule has 1 N–H and O–H groups in total. The van der Waals surface area contributed by atoms with Crippen molar-refractivity contribution in [3.63, 3.8) is 0 Å². The van der Waals surface area contributed by atoms with E-state index in [0.29, 0.717) is 0 Å². The van der Waals surface area contributed by atoms with Crippen molar-refractivity contribution in [2.75, 3.05) is 0 Å². The van der Waals surface area contributed by atoms with Gasteiger partial charge in [0.25, 0.3) is 5.69 Å². The van der Waals surface area contributed by atoms with E-state index in [2.05, 4.69) is 4.98 Å². The molecule has 2 rings (SSSR count). The monoisotopic (exact) mass is 298 g/mol. The van der Waals surface area contributed by atoms with Gasteiger partial charge in [-0.25, -0.2) is 0 Å². The lowest BCUT2D eigenvalue weighted by atomic mass is 9.85. The molecule has 0 aliphatic carbocycles. The SMILES string of the molecule is O=[N+]([O-])c1ccccc1C(O)(c1ccncc1)C(F)(F)F. The second kappa shape index (κ2) is 5.13. The molecule has 8 heteroatoms. The zero-order valence-corrected chi connectivity index (χ0v) is 10.4. The molecule has 1 aromatic heterocycles. The molecule has 0 amide bonds. The van der Waals surface area contributed by atoms with Crippen LogP contribution in [0, 0.1) is 10.1 Å². The van der Waals surface area contributed by atoms with E-state index in [1.54, 1.807) is 0 Å². The second-order valence-corrected chi connectivity index (χ2v) is 4.22. The number of hydrogen-bond acceptors (Lipinski definition) is 4. The zero-order valence-electron chi connectivity index (χ0n) is 10.4. The summed E-state index contributed by atoms with van der Waals surface area (Å²) in [5.41, 5.74) is -5.68. The van der Waals surface area contributed by atoms with Crippen LogP contribution in [0.5, 0.6) is 0 Å². The Morgan fingerprint density at radius 3 is 2.19 bits per heavy atom. The molecule has 2 aromatic rings. The molecule has 0 aliphatic heterocycles. The van der Waals surface area contributed by atoms with Crippen LogP contribution in [0.3, 0.4) is 0 Å². The number of aliphatic hydroxyl groups is 1. The minimum atomic E-state index is -5.14. The normalized spacial score (nSPS) is 14.5. The Morgan fingerprint density at radius 2 is 1.67 bits per heavy atom. The third-order valence-corrected chi connectivity index (χ3v) is 3.00. The lowest BCUT2D eigenvalue weighted by Gasteiger charge is -2.30. The molecule has 0 radical (unpaired) electrons. The van der Waals surface area contributed by atoms with Gasteiger partial charge in [0.15, 0.2) is 0 Å². The number of halogens is 3. The molecule has 0 spiro atoms. The van der Waals surface area contributed by atoms with Crippen LogP contribution in [0.4, 0.5) is 18.9 Å². The van der Waals surface area contributed by atoms with Crippen LogP contribution >= 0.6 is 0 Å². The number of para-hydroxylation sites is 1. The fourth-order valence-corrected chi connectivity index (χ4v) is 2.00. The third kappa shape index (κ3) is 2.45. The van der Waals surface area contributed by atoms with Crippen molar-refractivity contribution in [3.8, 4) is 0 Å². The Hall–Kier alpha value is -2.48. The molecule has 0 saturated carbocycles. The number of nitro groups is 1. The molecule has 5 nitrogen and oxygen atoms in total. The first-order valence-corrected chi connectivity index (χ1v) is 5.72. The average Bonchev–Trinajstić information content (AvgIpc) is 2.46. The predicted octanol–water partition coefficient (Wildman–Crippen LogP) is 2.79. The van der Waals surface area contributed by atoms with Gasteiger partial charge < -0.3 is 5.11 Å². The highest BCUT2D eigenvalue weighted by atomic mass is 19.4. The smallest absolute Gasteiger partial charge is 0.372 e. The number of rotatable bonds is 3. The Labute approximate surface area is 116 Å². The Bertz CT molecular complexity index is 661. The number of aromatic nitrogens is 1. The topological polar surface area (TPSA) is 76.3 Å². The molecular weight excluding hydrogens is 289 g/mol. The molecule has 0 bridgehead atoms. The van der Waals surface area contributed by atoms with E-state index in [1.807, 2.05) is 0 Å². The number of nitro benzene ring substituents is 1. The van der Waals surface area contributed by atoms with Gasteiger partial charge in [0.1, 0.15) is 0 Å². The fraction of sp³-hybridized carbons (Fsp3) is 0.154. The van der Waals surface area contributed by atoms with E-state index in [1.165, 1.54) is 12.1 Å². The van der Waals surface area contributed by atoms with Crippen molar-refractivity contribution in [2.24, 2.45) is 0 Å². The maximum absolute atomic E-state index is 13.4. The van der Waals surface area contributed by atoms with Gasteiger partial charge in [0.05, 0.1) is 10.5 Å². The molecule has 110 valence electrons. The van der Waals surface area contributed by atoms with Gasteiger partial charge in [0, 0.05) is 24.0 Å². The summed E-state index contributed by atoms with van der Waals surface area (Å²) in [5, 5.41) is 21.2. The maximum atomic E-state index is 13.4. The zero-order chi connectivity index (χ0) is 15.7. The summed E-state index contributed by atoms with van der Waals surface area (Å²) in [6.07, 6.45) is -3.00. The largest absolute Gasteiger partial charge is 0.426 e. The molecule has 0 aliphatic rings. The van der Waals surface area contributed by atoms with Gasteiger partial charge in [-0.2, -0.15) is 13.2 Å². The van der Waals surface area contributed by atoms with Crippen molar-refractivity contribution in [2.45, 2.75) is 11.8 Å².